The van der Waals surface area contributed by atoms with Crippen LogP contribution >= 0.6 is 11.8 Å². The predicted molar refractivity (Wildman–Crippen MR) is 77.8 cm³/mol. The fourth-order valence-corrected chi connectivity index (χ4v) is 2.60. The van der Waals surface area contributed by atoms with E-state index in [1.165, 1.54) is 17.5 Å². The number of aliphatic carboxylic acids is 1. The van der Waals surface area contributed by atoms with Crippen molar-refractivity contribution in [3.63, 3.8) is 0 Å². The van der Waals surface area contributed by atoms with E-state index >= 15 is 0 Å². The molecule has 0 amide bonds. The molecule has 5 nitrogen and oxygen atoms in total. The third kappa shape index (κ3) is 5.65. The maximum Gasteiger partial charge on any atom is 0.313 e. The highest BCUT2D eigenvalue weighted by molar-refractivity contribution is 7.99. The van der Waals surface area contributed by atoms with Gasteiger partial charge in [0.25, 0.3) is 0 Å². The highest BCUT2D eigenvalue weighted by Gasteiger charge is 2.10. The number of imidazole rings is 1. The number of hydrogen-bond donors (Lipinski definition) is 1. The molecule has 0 radical (unpaired) electrons. The van der Waals surface area contributed by atoms with Crippen molar-refractivity contribution < 1.29 is 9.90 Å². The standard InChI is InChI=1S/C13H23N3O2S/c1-4-11-9-14-13(19-10-12(17)18)16(11)8-6-5-7-15(2)3/h9H,4-8,10H2,1-3H3,(H,17,18). The lowest BCUT2D eigenvalue weighted by atomic mass is 10.3. The van der Waals surface area contributed by atoms with Crippen LogP contribution in [-0.2, 0) is 17.8 Å². The Hall–Kier alpha value is -1.01. The Labute approximate surface area is 119 Å². The Morgan fingerprint density at radius 1 is 1.47 bits per heavy atom. The second-order valence-electron chi connectivity index (χ2n) is 4.73. The van der Waals surface area contributed by atoms with E-state index in [0.29, 0.717) is 0 Å². The number of aryl methyl sites for hydroxylation is 1. The molecule has 0 unspecified atom stereocenters. The Morgan fingerprint density at radius 2 is 2.21 bits per heavy atom. The maximum atomic E-state index is 10.6. The third-order valence-electron chi connectivity index (χ3n) is 2.83. The number of carboxylic acid groups (broad SMARTS) is 1. The number of hydrogen-bond acceptors (Lipinski definition) is 4. The van der Waals surface area contributed by atoms with Crippen LogP contribution in [0.25, 0.3) is 0 Å². The van der Waals surface area contributed by atoms with Gasteiger partial charge in [-0.2, -0.15) is 0 Å². The molecule has 1 rings (SSSR count). The van der Waals surface area contributed by atoms with Gasteiger partial charge < -0.3 is 14.6 Å². The average Bonchev–Trinajstić information content (AvgIpc) is 2.74. The molecule has 0 aromatic carbocycles. The average molecular weight is 285 g/mol. The van der Waals surface area contributed by atoms with Gasteiger partial charge in [0, 0.05) is 18.4 Å². The molecule has 6 heteroatoms. The zero-order chi connectivity index (χ0) is 14.3. The molecule has 0 bridgehead atoms. The van der Waals surface area contributed by atoms with Gasteiger partial charge in [-0.3, -0.25) is 4.79 Å². The van der Waals surface area contributed by atoms with Crippen LogP contribution in [0.5, 0.6) is 0 Å². The zero-order valence-corrected chi connectivity index (χ0v) is 12.7. The summed E-state index contributed by atoms with van der Waals surface area (Å²) in [5.74, 6) is -0.733. The van der Waals surface area contributed by atoms with Crippen LogP contribution < -0.4 is 0 Å². The predicted octanol–water partition coefficient (Wildman–Crippen LogP) is 1.96. The van der Waals surface area contributed by atoms with Crippen LogP contribution in [0.3, 0.4) is 0 Å². The van der Waals surface area contributed by atoms with Gasteiger partial charge in [0.1, 0.15) is 0 Å². The lowest BCUT2D eigenvalue weighted by Crippen LogP contribution is -2.14. The number of carbonyl (C=O) groups is 1. The first-order valence-electron chi connectivity index (χ1n) is 6.58. The Bertz CT molecular complexity index is 405. The van der Waals surface area contributed by atoms with Crippen molar-refractivity contribution in [2.24, 2.45) is 0 Å². The lowest BCUT2D eigenvalue weighted by molar-refractivity contribution is -0.133. The number of aromatic nitrogens is 2. The quantitative estimate of drug-likeness (QED) is 0.555. The first-order valence-corrected chi connectivity index (χ1v) is 7.56. The van der Waals surface area contributed by atoms with Crippen molar-refractivity contribution in [1.29, 1.82) is 0 Å². The molecule has 1 N–H and O–H groups in total. The molecule has 0 aliphatic heterocycles. The number of carboxylic acids is 1. The van der Waals surface area contributed by atoms with Gasteiger partial charge in [-0.25, -0.2) is 4.98 Å². The summed E-state index contributed by atoms with van der Waals surface area (Å²) in [5, 5.41) is 9.56. The number of unbranched alkanes of at least 4 members (excludes halogenated alkanes) is 1. The van der Waals surface area contributed by atoms with Crippen LogP contribution in [0.15, 0.2) is 11.4 Å². The summed E-state index contributed by atoms with van der Waals surface area (Å²) in [6.45, 7) is 4.09. The van der Waals surface area contributed by atoms with E-state index in [1.54, 1.807) is 0 Å². The van der Waals surface area contributed by atoms with Gasteiger partial charge in [0.05, 0.1) is 5.75 Å². The van der Waals surface area contributed by atoms with Crippen LogP contribution in [-0.4, -0.2) is 51.9 Å². The molecule has 1 aromatic rings. The highest BCUT2D eigenvalue weighted by Crippen LogP contribution is 2.19. The minimum atomic E-state index is -0.801. The third-order valence-corrected chi connectivity index (χ3v) is 3.80. The van der Waals surface area contributed by atoms with Crippen molar-refractivity contribution in [2.45, 2.75) is 37.9 Å². The Balaban J connectivity index is 2.57. The fraction of sp³-hybridized carbons (Fsp3) is 0.692. The van der Waals surface area contributed by atoms with Gasteiger partial charge in [-0.1, -0.05) is 18.7 Å². The zero-order valence-electron chi connectivity index (χ0n) is 11.9. The van der Waals surface area contributed by atoms with Crippen LogP contribution in [0.4, 0.5) is 0 Å². The van der Waals surface area contributed by atoms with Crippen molar-refractivity contribution in [3.8, 4) is 0 Å². The molecule has 19 heavy (non-hydrogen) atoms. The molecule has 0 saturated heterocycles. The minimum absolute atomic E-state index is 0.0673. The van der Waals surface area contributed by atoms with Crippen LogP contribution in [0.1, 0.15) is 25.5 Å². The van der Waals surface area contributed by atoms with Gasteiger partial charge in [0.15, 0.2) is 5.16 Å². The molecule has 0 spiro atoms. The normalized spacial score (nSPS) is 11.2. The van der Waals surface area contributed by atoms with Crippen molar-refractivity contribution in [1.82, 2.24) is 14.5 Å². The topological polar surface area (TPSA) is 58.4 Å². The number of thioether (sulfide) groups is 1. The summed E-state index contributed by atoms with van der Waals surface area (Å²) in [5.41, 5.74) is 1.18. The summed E-state index contributed by atoms with van der Waals surface area (Å²) >= 11 is 1.30. The number of nitrogens with zero attached hydrogens (tertiary/aromatic N) is 3. The lowest BCUT2D eigenvalue weighted by Gasteiger charge is -2.12. The van der Waals surface area contributed by atoms with E-state index in [9.17, 15) is 4.79 Å². The molecule has 0 aliphatic rings. The van der Waals surface area contributed by atoms with E-state index in [-0.39, 0.29) is 5.75 Å². The van der Waals surface area contributed by atoms with Gasteiger partial charge >= 0.3 is 5.97 Å². The summed E-state index contributed by atoms with van der Waals surface area (Å²) in [6, 6.07) is 0. The summed E-state index contributed by atoms with van der Waals surface area (Å²) in [4.78, 5) is 17.1. The minimum Gasteiger partial charge on any atom is -0.481 e. The second-order valence-corrected chi connectivity index (χ2v) is 5.67. The Morgan fingerprint density at radius 3 is 2.79 bits per heavy atom. The van der Waals surface area contributed by atoms with Crippen molar-refractivity contribution in [3.05, 3.63) is 11.9 Å². The van der Waals surface area contributed by atoms with Gasteiger partial charge in [-0.15, -0.1) is 0 Å². The van der Waals surface area contributed by atoms with Crippen LogP contribution in [0, 0.1) is 0 Å². The van der Waals surface area contributed by atoms with E-state index < -0.39 is 5.97 Å². The van der Waals surface area contributed by atoms with E-state index in [0.717, 1.165) is 37.5 Å². The summed E-state index contributed by atoms with van der Waals surface area (Å²) in [7, 11) is 4.14. The smallest absolute Gasteiger partial charge is 0.313 e. The molecule has 1 heterocycles. The van der Waals surface area contributed by atoms with Gasteiger partial charge in [0.2, 0.25) is 0 Å². The monoisotopic (exact) mass is 285 g/mol. The fourth-order valence-electron chi connectivity index (χ4n) is 1.85. The first-order chi connectivity index (χ1) is 9.04. The summed E-state index contributed by atoms with van der Waals surface area (Å²) in [6.07, 6.45) is 5.00. The molecule has 0 aliphatic carbocycles. The SMILES string of the molecule is CCc1cnc(SCC(=O)O)n1CCCCN(C)C. The molecule has 1 aromatic heterocycles. The van der Waals surface area contributed by atoms with Crippen LogP contribution in [0.2, 0.25) is 0 Å². The van der Waals surface area contributed by atoms with E-state index in [4.69, 9.17) is 5.11 Å². The molecule has 108 valence electrons. The second kappa shape index (κ2) is 8.22. The molecule has 0 atom stereocenters. The van der Waals surface area contributed by atoms with E-state index in [2.05, 4.69) is 35.5 Å². The first kappa shape index (κ1) is 16.0. The molecular formula is C13H23N3O2S. The molecular weight excluding hydrogens is 262 g/mol. The molecule has 0 saturated carbocycles. The van der Waals surface area contributed by atoms with Crippen molar-refractivity contribution >= 4 is 17.7 Å². The highest BCUT2D eigenvalue weighted by atomic mass is 32.2. The summed E-state index contributed by atoms with van der Waals surface area (Å²) < 4.78 is 2.16. The Kier molecular flexibility index (Phi) is 6.94. The largest absolute Gasteiger partial charge is 0.481 e. The van der Waals surface area contributed by atoms with Gasteiger partial charge in [-0.05, 0) is 39.9 Å². The van der Waals surface area contributed by atoms with E-state index in [1.807, 2.05) is 6.20 Å². The van der Waals surface area contributed by atoms with Crippen molar-refractivity contribution in [2.75, 3.05) is 26.4 Å². The molecule has 0 fully saturated rings. The maximum absolute atomic E-state index is 10.6. The number of rotatable bonds is 9.